The Morgan fingerprint density at radius 2 is 1.67 bits per heavy atom. The summed E-state index contributed by atoms with van der Waals surface area (Å²) >= 11 is 0. The smallest absolute Gasteiger partial charge is 0.335 e. The molecule has 1 saturated heterocycles. The molecule has 0 aromatic heterocycles. The van der Waals surface area contributed by atoms with E-state index in [0.29, 0.717) is 13.1 Å². The quantitative estimate of drug-likeness (QED) is 0.840. The number of urea groups is 1. The molecule has 112 valence electrons. The van der Waals surface area contributed by atoms with Gasteiger partial charge in [-0.25, -0.2) is 9.59 Å². The van der Waals surface area contributed by atoms with E-state index in [-0.39, 0.29) is 11.6 Å². The molecule has 6 nitrogen and oxygen atoms in total. The molecule has 0 unspecified atom stereocenters. The molecule has 0 atom stereocenters. The van der Waals surface area contributed by atoms with Crippen molar-refractivity contribution in [2.24, 2.45) is 0 Å². The highest BCUT2D eigenvalue weighted by Crippen LogP contribution is 2.25. The van der Waals surface area contributed by atoms with Gasteiger partial charge in [0.2, 0.25) is 0 Å². The van der Waals surface area contributed by atoms with E-state index in [1.807, 2.05) is 11.0 Å². The summed E-state index contributed by atoms with van der Waals surface area (Å²) in [6.45, 7) is 4.37. The molecule has 21 heavy (non-hydrogen) atoms. The summed E-state index contributed by atoms with van der Waals surface area (Å²) in [5.74, 6) is -0.929. The number of fused-ring (bicyclic) bond motifs is 1. The highest BCUT2D eigenvalue weighted by atomic mass is 16.4. The minimum atomic E-state index is -0.929. The van der Waals surface area contributed by atoms with Crippen molar-refractivity contribution in [2.75, 3.05) is 33.2 Å². The fourth-order valence-electron chi connectivity index (χ4n) is 2.86. The van der Waals surface area contributed by atoms with Gasteiger partial charge in [-0.1, -0.05) is 6.07 Å². The minimum Gasteiger partial charge on any atom is -0.478 e. The third kappa shape index (κ3) is 2.71. The van der Waals surface area contributed by atoms with E-state index in [0.717, 1.165) is 37.3 Å². The Bertz CT molecular complexity index is 580. The third-order valence-electron chi connectivity index (χ3n) is 4.22. The monoisotopic (exact) mass is 289 g/mol. The average Bonchev–Trinajstić information content (AvgIpc) is 2.90. The average molecular weight is 289 g/mol. The van der Waals surface area contributed by atoms with Gasteiger partial charge >= 0.3 is 12.0 Å². The maximum atomic E-state index is 12.5. The van der Waals surface area contributed by atoms with Crippen molar-refractivity contribution in [3.8, 4) is 0 Å². The maximum Gasteiger partial charge on any atom is 0.335 e. The fraction of sp³-hybridized carbons (Fsp3) is 0.467. The van der Waals surface area contributed by atoms with Crippen molar-refractivity contribution in [1.29, 1.82) is 0 Å². The molecule has 1 aromatic carbocycles. The van der Waals surface area contributed by atoms with Gasteiger partial charge in [0.15, 0.2) is 0 Å². The molecule has 3 rings (SSSR count). The van der Waals surface area contributed by atoms with Gasteiger partial charge in [0.1, 0.15) is 0 Å². The number of likely N-dealkylation sites (N-methyl/N-ethyl adjacent to an activating group) is 1. The van der Waals surface area contributed by atoms with Crippen LogP contribution in [0.5, 0.6) is 0 Å². The van der Waals surface area contributed by atoms with E-state index in [2.05, 4.69) is 11.9 Å². The van der Waals surface area contributed by atoms with Gasteiger partial charge in [-0.15, -0.1) is 0 Å². The first-order valence-corrected chi connectivity index (χ1v) is 7.12. The second-order valence-electron chi connectivity index (χ2n) is 5.72. The topological polar surface area (TPSA) is 64.1 Å². The van der Waals surface area contributed by atoms with E-state index in [4.69, 9.17) is 5.11 Å². The van der Waals surface area contributed by atoms with Gasteiger partial charge in [0.05, 0.1) is 5.56 Å². The fourth-order valence-corrected chi connectivity index (χ4v) is 2.86. The Morgan fingerprint density at radius 1 is 1.00 bits per heavy atom. The zero-order chi connectivity index (χ0) is 15.0. The summed E-state index contributed by atoms with van der Waals surface area (Å²) in [6.07, 6.45) is 0. The van der Waals surface area contributed by atoms with Crippen LogP contribution in [0.15, 0.2) is 18.2 Å². The van der Waals surface area contributed by atoms with Gasteiger partial charge < -0.3 is 19.8 Å². The van der Waals surface area contributed by atoms with Crippen LogP contribution in [-0.2, 0) is 13.1 Å². The zero-order valence-electron chi connectivity index (χ0n) is 12.1. The van der Waals surface area contributed by atoms with Crippen LogP contribution in [0.3, 0.4) is 0 Å². The summed E-state index contributed by atoms with van der Waals surface area (Å²) in [5.41, 5.74) is 2.27. The number of aromatic carboxylic acids is 1. The first kappa shape index (κ1) is 13.9. The molecule has 1 N–H and O–H groups in total. The number of hydrogen-bond donors (Lipinski definition) is 1. The van der Waals surface area contributed by atoms with Crippen molar-refractivity contribution < 1.29 is 14.7 Å². The number of carboxylic acids is 1. The van der Waals surface area contributed by atoms with Gasteiger partial charge in [0.25, 0.3) is 0 Å². The van der Waals surface area contributed by atoms with Gasteiger partial charge in [0, 0.05) is 39.3 Å². The van der Waals surface area contributed by atoms with Gasteiger partial charge in [-0.3, -0.25) is 0 Å². The SMILES string of the molecule is CN1CCN(C(=O)N2Cc3ccc(C(=O)O)cc3C2)CC1. The number of piperazine rings is 1. The molecule has 2 aliphatic heterocycles. The first-order chi connectivity index (χ1) is 10.0. The second kappa shape index (κ2) is 5.37. The van der Waals surface area contributed by atoms with E-state index in [9.17, 15) is 9.59 Å². The van der Waals surface area contributed by atoms with Crippen LogP contribution in [0.25, 0.3) is 0 Å². The largest absolute Gasteiger partial charge is 0.478 e. The van der Waals surface area contributed by atoms with Gasteiger partial charge in [-0.2, -0.15) is 0 Å². The molecular formula is C15H19N3O3. The highest BCUT2D eigenvalue weighted by molar-refractivity contribution is 5.88. The second-order valence-corrected chi connectivity index (χ2v) is 5.72. The van der Waals surface area contributed by atoms with Crippen LogP contribution in [0.4, 0.5) is 4.79 Å². The normalized spacial score (nSPS) is 18.7. The van der Waals surface area contributed by atoms with Crippen LogP contribution >= 0.6 is 0 Å². The lowest BCUT2D eigenvalue weighted by Crippen LogP contribution is -2.50. The summed E-state index contributed by atoms with van der Waals surface area (Å²) in [6, 6.07) is 5.15. The Kier molecular flexibility index (Phi) is 3.55. The third-order valence-corrected chi connectivity index (χ3v) is 4.22. The highest BCUT2D eigenvalue weighted by Gasteiger charge is 2.29. The van der Waals surface area contributed by atoms with E-state index in [1.54, 1.807) is 17.0 Å². The molecule has 0 radical (unpaired) electrons. The molecule has 2 aliphatic rings. The number of rotatable bonds is 1. The number of benzene rings is 1. The van der Waals surface area contributed by atoms with Crippen LogP contribution in [0.1, 0.15) is 21.5 Å². The van der Waals surface area contributed by atoms with Crippen molar-refractivity contribution in [2.45, 2.75) is 13.1 Å². The Hall–Kier alpha value is -2.08. The van der Waals surface area contributed by atoms with Crippen molar-refractivity contribution in [1.82, 2.24) is 14.7 Å². The summed E-state index contributed by atoms with van der Waals surface area (Å²) < 4.78 is 0. The van der Waals surface area contributed by atoms with Gasteiger partial charge in [-0.05, 0) is 30.3 Å². The maximum absolute atomic E-state index is 12.5. The molecule has 0 bridgehead atoms. The van der Waals surface area contributed by atoms with Crippen molar-refractivity contribution in [3.63, 3.8) is 0 Å². The number of hydrogen-bond acceptors (Lipinski definition) is 3. The van der Waals surface area contributed by atoms with Crippen LogP contribution in [0.2, 0.25) is 0 Å². The molecule has 0 aliphatic carbocycles. The van der Waals surface area contributed by atoms with E-state index in [1.165, 1.54) is 0 Å². The van der Waals surface area contributed by atoms with Crippen LogP contribution in [-0.4, -0.2) is 65.0 Å². The molecule has 6 heteroatoms. The van der Waals surface area contributed by atoms with Crippen molar-refractivity contribution in [3.05, 3.63) is 34.9 Å². The number of carboxylic acid groups (broad SMARTS) is 1. The summed E-state index contributed by atoms with van der Waals surface area (Å²) in [7, 11) is 2.06. The van der Waals surface area contributed by atoms with Crippen molar-refractivity contribution >= 4 is 12.0 Å². The predicted molar refractivity (Wildman–Crippen MR) is 77.1 cm³/mol. The number of carbonyl (C=O) groups is 2. The Morgan fingerprint density at radius 3 is 2.33 bits per heavy atom. The minimum absolute atomic E-state index is 0.0520. The number of carbonyl (C=O) groups excluding carboxylic acids is 1. The van der Waals surface area contributed by atoms with E-state index < -0.39 is 5.97 Å². The molecule has 0 spiro atoms. The molecule has 1 aromatic rings. The Labute approximate surface area is 123 Å². The van der Waals surface area contributed by atoms with Crippen LogP contribution < -0.4 is 0 Å². The number of nitrogens with zero attached hydrogens (tertiary/aromatic N) is 3. The molecular weight excluding hydrogens is 270 g/mol. The molecule has 1 fully saturated rings. The van der Waals surface area contributed by atoms with Crippen LogP contribution in [0, 0.1) is 0 Å². The zero-order valence-corrected chi connectivity index (χ0v) is 12.1. The lowest BCUT2D eigenvalue weighted by molar-refractivity contribution is 0.0696. The molecule has 2 heterocycles. The summed E-state index contributed by atoms with van der Waals surface area (Å²) in [4.78, 5) is 29.4. The summed E-state index contributed by atoms with van der Waals surface area (Å²) in [5, 5.41) is 9.03. The first-order valence-electron chi connectivity index (χ1n) is 7.12. The lowest BCUT2D eigenvalue weighted by Gasteiger charge is -2.34. The Balaban J connectivity index is 1.69. The number of amides is 2. The van der Waals surface area contributed by atoms with E-state index >= 15 is 0 Å². The molecule has 0 saturated carbocycles. The lowest BCUT2D eigenvalue weighted by atomic mass is 10.1. The molecule has 2 amide bonds. The standard InChI is InChI=1S/C15H19N3O3/c1-16-4-6-17(7-5-16)15(21)18-9-12-3-2-11(14(19)20)8-13(12)10-18/h2-3,8H,4-7,9-10H2,1H3,(H,19,20). The predicted octanol–water partition coefficient (Wildman–Crippen LogP) is 1.07.